The molecule has 0 aliphatic rings. The molecule has 82 valence electrons. The molecule has 1 N–H and O–H groups in total. The molecule has 0 unspecified atom stereocenters. The summed E-state index contributed by atoms with van der Waals surface area (Å²) in [5, 5.41) is 0.703. The van der Waals surface area contributed by atoms with E-state index < -0.39 is 10.1 Å². The third kappa shape index (κ3) is 2.77. The van der Waals surface area contributed by atoms with Crippen LogP contribution in [-0.2, 0) is 16.5 Å². The molecule has 0 aromatic heterocycles. The molecule has 1 rings (SSSR count). The molecule has 0 saturated carbocycles. The van der Waals surface area contributed by atoms with E-state index in [1.165, 1.54) is 0 Å². The van der Waals surface area contributed by atoms with Crippen LogP contribution < -0.4 is 5.19 Å². The summed E-state index contributed by atoms with van der Waals surface area (Å²) in [6, 6.07) is 3.56. The molecule has 5 heteroatoms. The van der Waals surface area contributed by atoms with Gasteiger partial charge in [-0.1, -0.05) is 23.8 Å². The molecule has 0 fully saturated rings. The average Bonchev–Trinajstić information content (AvgIpc) is 1.99. The molecule has 0 bridgehead atoms. The van der Waals surface area contributed by atoms with Gasteiger partial charge in [-0.25, -0.2) is 0 Å². The van der Waals surface area contributed by atoms with Gasteiger partial charge in [0.05, 0.1) is 4.90 Å². The topological polar surface area (TPSA) is 54.4 Å². The van der Waals surface area contributed by atoms with Crippen molar-refractivity contribution in [1.82, 2.24) is 0 Å². The number of rotatable bonds is 3. The Labute approximate surface area is 93.0 Å². The Morgan fingerprint density at radius 3 is 2.60 bits per heavy atom. The minimum absolute atomic E-state index is 0.0691. The van der Waals surface area contributed by atoms with Crippen molar-refractivity contribution in [3.63, 3.8) is 0 Å². The van der Waals surface area contributed by atoms with Crippen LogP contribution in [0.2, 0.25) is 0 Å². The van der Waals surface area contributed by atoms with Crippen molar-refractivity contribution in [2.75, 3.05) is 0 Å². The smallest absolute Gasteiger partial charge is 0.282 e. The summed E-state index contributed by atoms with van der Waals surface area (Å²) in [7, 11) is -3.53. The predicted molar refractivity (Wildman–Crippen MR) is 64.5 cm³/mol. The first-order valence-electron chi connectivity index (χ1n) is 4.54. The molecule has 0 aliphatic carbocycles. The molecular formula is C10H14O3SSi. The summed E-state index contributed by atoms with van der Waals surface area (Å²) >= 11 is 0. The highest BCUT2D eigenvalue weighted by Crippen LogP contribution is 2.15. The van der Waals surface area contributed by atoms with E-state index in [1.807, 2.05) is 6.92 Å². The van der Waals surface area contributed by atoms with Crippen LogP contribution in [0, 0.1) is 6.92 Å². The van der Waals surface area contributed by atoms with E-state index in [-0.39, 0.29) is 4.90 Å². The van der Waals surface area contributed by atoms with E-state index >= 15 is 0 Å². The van der Waals surface area contributed by atoms with Crippen molar-refractivity contribution >= 4 is 25.5 Å². The largest absolute Gasteiger partial charge is 0.294 e. The van der Waals surface area contributed by atoms with E-state index in [2.05, 4.69) is 6.58 Å². The Morgan fingerprint density at radius 1 is 1.53 bits per heavy atom. The van der Waals surface area contributed by atoms with Gasteiger partial charge in [0.1, 0.15) is 0 Å². The van der Waals surface area contributed by atoms with Crippen molar-refractivity contribution in [3.8, 4) is 0 Å². The van der Waals surface area contributed by atoms with Crippen molar-refractivity contribution in [2.24, 2.45) is 0 Å². The van der Waals surface area contributed by atoms with E-state index in [0.717, 1.165) is 5.56 Å². The third-order valence-electron chi connectivity index (χ3n) is 2.12. The van der Waals surface area contributed by atoms with Gasteiger partial charge in [0.15, 0.2) is 0 Å². The molecule has 0 heterocycles. The Balaban J connectivity index is 3.54. The number of allylic oxidation sites excluding steroid dienone is 1. The highest BCUT2D eigenvalue weighted by Gasteiger charge is 2.17. The van der Waals surface area contributed by atoms with Gasteiger partial charge < -0.3 is 0 Å². The molecule has 1 aromatic carbocycles. The minimum Gasteiger partial charge on any atom is -0.282 e. The number of hydrogen-bond acceptors (Lipinski definition) is 2. The average molecular weight is 242 g/mol. The van der Waals surface area contributed by atoms with Gasteiger partial charge in [0.25, 0.3) is 10.1 Å². The fourth-order valence-corrected chi connectivity index (χ4v) is 4.21. The highest BCUT2D eigenvalue weighted by molar-refractivity contribution is 7.86. The van der Waals surface area contributed by atoms with Crippen LogP contribution in [0.25, 0.3) is 0 Å². The van der Waals surface area contributed by atoms with Crippen molar-refractivity contribution < 1.29 is 13.0 Å². The van der Waals surface area contributed by atoms with Crippen LogP contribution in [0.5, 0.6) is 0 Å². The maximum atomic E-state index is 11.2. The number of aryl methyl sites for hydroxylation is 1. The van der Waals surface area contributed by atoms with E-state index in [0.29, 0.717) is 27.4 Å². The van der Waals surface area contributed by atoms with Gasteiger partial charge in [0, 0.05) is 10.2 Å². The summed E-state index contributed by atoms with van der Waals surface area (Å²) in [5.41, 5.74) is 1.63. The Morgan fingerprint density at radius 2 is 2.13 bits per heavy atom. The zero-order valence-corrected chi connectivity index (χ0v) is 11.6. The van der Waals surface area contributed by atoms with Gasteiger partial charge in [-0.15, -0.1) is 6.58 Å². The van der Waals surface area contributed by atoms with Gasteiger partial charge in [0.2, 0.25) is 0 Å². The quantitative estimate of drug-likeness (QED) is 0.460. The van der Waals surface area contributed by atoms with Gasteiger partial charge in [-0.2, -0.15) is 8.42 Å². The lowest BCUT2D eigenvalue weighted by Crippen LogP contribution is -2.18. The maximum Gasteiger partial charge on any atom is 0.294 e. The minimum atomic E-state index is -4.12. The molecule has 0 radical (unpaired) electrons. The van der Waals surface area contributed by atoms with Crippen LogP contribution >= 0.6 is 0 Å². The molecule has 1 aromatic rings. The van der Waals surface area contributed by atoms with Gasteiger partial charge in [-0.3, -0.25) is 4.55 Å². The van der Waals surface area contributed by atoms with Gasteiger partial charge in [-0.05, 0) is 24.1 Å². The molecule has 0 aliphatic heterocycles. The molecular weight excluding hydrogens is 228 g/mol. The van der Waals surface area contributed by atoms with Crippen LogP contribution in [0.4, 0.5) is 0 Å². The van der Waals surface area contributed by atoms with Gasteiger partial charge >= 0.3 is 0 Å². The summed E-state index contributed by atoms with van der Waals surface area (Å²) in [4.78, 5) is 0.0691. The summed E-state index contributed by atoms with van der Waals surface area (Å²) in [6.07, 6.45) is 2.08. The summed E-state index contributed by atoms with van der Waals surface area (Å²) in [5.74, 6) is 0. The maximum absolute atomic E-state index is 11.2. The molecule has 0 amide bonds. The standard InChI is InChI=1S/C10H14O3SSi/c1-3-4-8-5-7(2)6-9(15)10(8)14(11,12)13/h3,5-6H,1,4H2,2,15H3,(H,11,12,13). The molecule has 15 heavy (non-hydrogen) atoms. The first-order chi connectivity index (χ1) is 6.86. The number of hydrogen-bond donors (Lipinski definition) is 1. The Hall–Kier alpha value is -0.913. The summed E-state index contributed by atoms with van der Waals surface area (Å²) < 4.78 is 31.5. The van der Waals surface area contributed by atoms with Crippen molar-refractivity contribution in [1.29, 1.82) is 0 Å². The van der Waals surface area contributed by atoms with E-state index in [1.54, 1.807) is 18.2 Å². The van der Waals surface area contributed by atoms with Crippen LogP contribution in [0.1, 0.15) is 11.1 Å². The lowest BCUT2D eigenvalue weighted by molar-refractivity contribution is 0.483. The van der Waals surface area contributed by atoms with Crippen LogP contribution in [-0.4, -0.2) is 23.2 Å². The fourth-order valence-electron chi connectivity index (χ4n) is 1.72. The SMILES string of the molecule is C=CCc1cc(C)cc([SiH3])c1S(=O)(=O)O. The normalized spacial score (nSPS) is 11.6. The fraction of sp³-hybridized carbons (Fsp3) is 0.200. The first-order valence-corrected chi connectivity index (χ1v) is 6.98. The second kappa shape index (κ2) is 4.30. The van der Waals surface area contributed by atoms with Crippen LogP contribution in [0.15, 0.2) is 29.7 Å². The summed E-state index contributed by atoms with van der Waals surface area (Å²) in [6.45, 7) is 5.48. The second-order valence-electron chi connectivity index (χ2n) is 3.54. The zero-order valence-electron chi connectivity index (χ0n) is 8.82. The number of benzene rings is 1. The van der Waals surface area contributed by atoms with Crippen LogP contribution in [0.3, 0.4) is 0 Å². The highest BCUT2D eigenvalue weighted by atomic mass is 32.2. The predicted octanol–water partition coefficient (Wildman–Crippen LogP) is -0.0391. The third-order valence-corrected chi connectivity index (χ3v) is 4.37. The molecule has 0 atom stereocenters. The van der Waals surface area contributed by atoms with Crippen molar-refractivity contribution in [2.45, 2.75) is 18.2 Å². The van der Waals surface area contributed by atoms with E-state index in [4.69, 9.17) is 4.55 Å². The van der Waals surface area contributed by atoms with E-state index in [9.17, 15) is 8.42 Å². The zero-order chi connectivity index (χ0) is 11.6. The second-order valence-corrected chi connectivity index (χ2v) is 5.97. The molecule has 0 saturated heterocycles. The molecule has 3 nitrogen and oxygen atoms in total. The Kier molecular flexibility index (Phi) is 3.49. The molecule has 0 spiro atoms. The monoisotopic (exact) mass is 242 g/mol. The van der Waals surface area contributed by atoms with Crippen molar-refractivity contribution in [3.05, 3.63) is 35.9 Å². The Bertz CT molecular complexity index is 492. The first kappa shape index (κ1) is 12.2. The lowest BCUT2D eigenvalue weighted by Gasteiger charge is -2.10. The lowest BCUT2D eigenvalue weighted by atomic mass is 10.1.